The minimum Gasteiger partial charge on any atom is -0.494 e. The molecule has 0 atom stereocenters. The van der Waals surface area contributed by atoms with E-state index in [1.165, 1.54) is 18.2 Å². The van der Waals surface area contributed by atoms with Crippen molar-refractivity contribution in [2.24, 2.45) is 0 Å². The highest BCUT2D eigenvalue weighted by Gasteiger charge is 2.29. The number of aromatic nitrogens is 1. The number of para-hydroxylation sites is 1. The lowest BCUT2D eigenvalue weighted by Crippen LogP contribution is -2.16. The first kappa shape index (κ1) is 22.6. The topological polar surface area (TPSA) is 85.6 Å². The number of hydrogen-bond acceptors (Lipinski definition) is 6. The third-order valence-corrected chi connectivity index (χ3v) is 6.67. The Morgan fingerprint density at radius 1 is 0.800 bits per heavy atom. The molecule has 0 aliphatic heterocycles. The van der Waals surface area contributed by atoms with Crippen molar-refractivity contribution in [1.82, 2.24) is 4.57 Å². The summed E-state index contributed by atoms with van der Waals surface area (Å²) >= 11 is 7.18. The largest absolute Gasteiger partial charge is 0.494 e. The Morgan fingerprint density at radius 2 is 1.43 bits per heavy atom. The molecule has 0 saturated heterocycles. The lowest BCUT2D eigenvalue weighted by Gasteiger charge is -2.07. The van der Waals surface area contributed by atoms with Crippen molar-refractivity contribution in [2.45, 2.75) is 0 Å². The monoisotopic (exact) mass is 501 g/mol. The number of benzene rings is 3. The van der Waals surface area contributed by atoms with Crippen LogP contribution in [0.1, 0.15) is 30.5 Å². The molecule has 6 nitrogen and oxygen atoms in total. The van der Waals surface area contributed by atoms with Gasteiger partial charge in [-0.2, -0.15) is 0 Å². The molecule has 172 valence electrons. The molecule has 0 fully saturated rings. The Morgan fingerprint density at radius 3 is 2.11 bits per heavy atom. The van der Waals surface area contributed by atoms with Crippen LogP contribution in [0, 0.1) is 0 Å². The van der Waals surface area contributed by atoms with Gasteiger partial charge in [0.15, 0.2) is 0 Å². The van der Waals surface area contributed by atoms with Crippen molar-refractivity contribution < 1.29 is 24.2 Å². The first-order chi connectivity index (χ1) is 16.9. The molecule has 5 rings (SSSR count). The summed E-state index contributed by atoms with van der Waals surface area (Å²) in [6.45, 7) is 0. The number of fused-ring (bicyclic) bond motifs is 1. The number of thiophene rings is 1. The van der Waals surface area contributed by atoms with Crippen molar-refractivity contribution in [3.63, 3.8) is 0 Å². The number of aromatic hydroxyl groups is 1. The summed E-state index contributed by atoms with van der Waals surface area (Å²) in [6, 6.07) is 24.8. The van der Waals surface area contributed by atoms with Gasteiger partial charge in [-0.1, -0.05) is 60.1 Å². The number of carbonyl (C=O) groups is 3. The third-order valence-electron chi connectivity index (χ3n) is 5.35. The highest BCUT2D eigenvalue weighted by Crippen LogP contribution is 2.36. The standard InChI is InChI=1S/C27H16ClNO5S/c28-17-11-12-20-19(15-17)23(26(32)29(20)27(33)34-18-9-5-2-6-10-18)25(31)22-14-13-21(35-22)24(30)16-7-3-1-4-8-16/h1-15,32H. The molecule has 0 bridgehead atoms. The Hall–Kier alpha value is -4.20. The van der Waals surface area contributed by atoms with E-state index in [1.807, 2.05) is 6.07 Å². The highest BCUT2D eigenvalue weighted by atomic mass is 35.5. The first-order valence-electron chi connectivity index (χ1n) is 10.5. The average Bonchev–Trinajstić information content (AvgIpc) is 3.47. The maximum absolute atomic E-state index is 13.5. The van der Waals surface area contributed by atoms with Crippen LogP contribution in [0.4, 0.5) is 4.79 Å². The van der Waals surface area contributed by atoms with Gasteiger partial charge < -0.3 is 9.84 Å². The van der Waals surface area contributed by atoms with Gasteiger partial charge in [0.05, 0.1) is 20.8 Å². The first-order valence-corrected chi connectivity index (χ1v) is 11.7. The summed E-state index contributed by atoms with van der Waals surface area (Å²) in [6.07, 6.45) is -0.883. The van der Waals surface area contributed by atoms with Crippen LogP contribution in [0.3, 0.4) is 0 Å². The molecule has 2 aromatic heterocycles. The van der Waals surface area contributed by atoms with E-state index in [-0.39, 0.29) is 32.9 Å². The van der Waals surface area contributed by atoms with Gasteiger partial charge in [0.1, 0.15) is 5.75 Å². The van der Waals surface area contributed by atoms with E-state index < -0.39 is 17.8 Å². The number of nitrogens with zero attached hydrogens (tertiary/aromatic N) is 1. The van der Waals surface area contributed by atoms with Crippen LogP contribution in [0.2, 0.25) is 5.02 Å². The number of hydrogen-bond donors (Lipinski definition) is 1. The van der Waals surface area contributed by atoms with E-state index in [2.05, 4.69) is 0 Å². The zero-order valence-corrected chi connectivity index (χ0v) is 19.5. The van der Waals surface area contributed by atoms with Crippen LogP contribution in [0.15, 0.2) is 91.0 Å². The molecule has 0 aliphatic carbocycles. The van der Waals surface area contributed by atoms with Gasteiger partial charge in [-0.15, -0.1) is 11.3 Å². The summed E-state index contributed by atoms with van der Waals surface area (Å²) in [4.78, 5) is 39.8. The van der Waals surface area contributed by atoms with Crippen LogP contribution >= 0.6 is 22.9 Å². The maximum Gasteiger partial charge on any atom is 0.426 e. The molecule has 3 aromatic carbocycles. The molecular formula is C27H16ClNO5S. The van der Waals surface area contributed by atoms with Gasteiger partial charge in [0.2, 0.25) is 17.4 Å². The highest BCUT2D eigenvalue weighted by molar-refractivity contribution is 7.16. The molecule has 1 N–H and O–H groups in total. The van der Waals surface area contributed by atoms with E-state index >= 15 is 0 Å². The van der Waals surface area contributed by atoms with Crippen molar-refractivity contribution in [3.05, 3.63) is 117 Å². The second-order valence-electron chi connectivity index (χ2n) is 7.56. The summed E-state index contributed by atoms with van der Waals surface area (Å²) in [5.74, 6) is -1.05. The Balaban J connectivity index is 1.56. The van der Waals surface area contributed by atoms with Crippen molar-refractivity contribution in [2.75, 3.05) is 0 Å². The van der Waals surface area contributed by atoms with Crippen LogP contribution in [-0.2, 0) is 0 Å². The lowest BCUT2D eigenvalue weighted by atomic mass is 10.1. The van der Waals surface area contributed by atoms with E-state index in [0.717, 1.165) is 15.9 Å². The van der Waals surface area contributed by atoms with Crippen LogP contribution in [0.5, 0.6) is 11.6 Å². The molecule has 0 saturated carbocycles. The number of rotatable bonds is 5. The number of ether oxygens (including phenoxy) is 1. The molecule has 0 unspecified atom stereocenters. The zero-order chi connectivity index (χ0) is 24.5. The minimum atomic E-state index is -0.883. The average molecular weight is 502 g/mol. The van der Waals surface area contributed by atoms with Gasteiger partial charge in [-0.05, 0) is 42.5 Å². The number of halogens is 1. The minimum absolute atomic E-state index is 0.104. The maximum atomic E-state index is 13.5. The van der Waals surface area contributed by atoms with Gasteiger partial charge >= 0.3 is 6.09 Å². The summed E-state index contributed by atoms with van der Waals surface area (Å²) in [5.41, 5.74) is 0.657. The SMILES string of the molecule is O=C(c1ccccc1)c1ccc(C(=O)c2c(O)n(C(=O)Oc3ccccc3)c3ccc(Cl)cc23)s1. The molecule has 0 spiro atoms. The van der Waals surface area contributed by atoms with Crippen molar-refractivity contribution in [1.29, 1.82) is 0 Å². The molecule has 8 heteroatoms. The van der Waals surface area contributed by atoms with Crippen LogP contribution in [-0.4, -0.2) is 27.3 Å². The normalized spacial score (nSPS) is 10.9. The summed E-state index contributed by atoms with van der Waals surface area (Å²) < 4.78 is 6.31. The van der Waals surface area contributed by atoms with Gasteiger partial charge in [-0.25, -0.2) is 9.36 Å². The zero-order valence-electron chi connectivity index (χ0n) is 18.0. The number of carbonyl (C=O) groups excluding carboxylic acids is 3. The Bertz CT molecular complexity index is 1590. The van der Waals surface area contributed by atoms with Crippen molar-refractivity contribution >= 4 is 51.5 Å². The van der Waals surface area contributed by atoms with Crippen LogP contribution in [0.25, 0.3) is 10.9 Å². The van der Waals surface area contributed by atoms with Gasteiger partial charge in [0.25, 0.3) is 0 Å². The molecule has 5 aromatic rings. The van der Waals surface area contributed by atoms with E-state index in [0.29, 0.717) is 15.5 Å². The summed E-state index contributed by atoms with van der Waals surface area (Å²) in [7, 11) is 0. The second-order valence-corrected chi connectivity index (χ2v) is 9.08. The summed E-state index contributed by atoms with van der Waals surface area (Å²) in [5, 5.41) is 11.6. The Labute approximate surface area is 208 Å². The smallest absolute Gasteiger partial charge is 0.426 e. The predicted octanol–water partition coefficient (Wildman–Crippen LogP) is 6.57. The molecule has 2 heterocycles. The predicted molar refractivity (Wildman–Crippen MR) is 134 cm³/mol. The van der Waals surface area contributed by atoms with Gasteiger partial charge in [-0.3, -0.25) is 9.59 Å². The molecule has 0 amide bonds. The van der Waals surface area contributed by atoms with Crippen LogP contribution < -0.4 is 4.74 Å². The second kappa shape index (κ2) is 9.21. The van der Waals surface area contributed by atoms with E-state index in [9.17, 15) is 19.5 Å². The van der Waals surface area contributed by atoms with E-state index in [1.54, 1.807) is 66.7 Å². The fourth-order valence-corrected chi connectivity index (χ4v) is 4.82. The lowest BCUT2D eigenvalue weighted by molar-refractivity contribution is 0.103. The quantitative estimate of drug-likeness (QED) is 0.275. The number of ketones is 2. The fraction of sp³-hybridized carbons (Fsp3) is 0. The van der Waals surface area contributed by atoms with Gasteiger partial charge in [0, 0.05) is 16.0 Å². The fourth-order valence-electron chi connectivity index (χ4n) is 3.73. The van der Waals surface area contributed by atoms with Crippen molar-refractivity contribution in [3.8, 4) is 11.6 Å². The molecule has 0 radical (unpaired) electrons. The Kier molecular flexibility index (Phi) is 5.94. The molecule has 0 aliphatic rings. The third kappa shape index (κ3) is 4.23. The molecule has 35 heavy (non-hydrogen) atoms. The van der Waals surface area contributed by atoms with E-state index in [4.69, 9.17) is 16.3 Å². The molecular weight excluding hydrogens is 486 g/mol.